The standard InChI is InChI=1S/C9H19ClS/c1-4-11-7-5-6-8(2)9(3)10/h8-9H,4-7H2,1-3H3. The van der Waals surface area contributed by atoms with Gasteiger partial charge in [0.25, 0.3) is 0 Å². The molecule has 0 saturated heterocycles. The SMILES string of the molecule is CCSCCCC(C)C(C)Cl. The molecule has 0 aromatic carbocycles. The lowest BCUT2D eigenvalue weighted by Crippen LogP contribution is -2.06. The molecule has 2 heteroatoms. The first kappa shape index (κ1) is 11.6. The van der Waals surface area contributed by atoms with E-state index >= 15 is 0 Å². The summed E-state index contributed by atoms with van der Waals surface area (Å²) in [6, 6.07) is 0. The summed E-state index contributed by atoms with van der Waals surface area (Å²) in [4.78, 5) is 0. The van der Waals surface area contributed by atoms with Crippen LogP contribution in [0, 0.1) is 5.92 Å². The third-order valence-corrected chi connectivity index (χ3v) is 3.35. The van der Waals surface area contributed by atoms with Crippen LogP contribution in [0.25, 0.3) is 0 Å². The van der Waals surface area contributed by atoms with Gasteiger partial charge in [0.05, 0.1) is 0 Å². The van der Waals surface area contributed by atoms with Crippen LogP contribution in [0.15, 0.2) is 0 Å². The lowest BCUT2D eigenvalue weighted by Gasteiger charge is -2.12. The Morgan fingerprint density at radius 3 is 2.45 bits per heavy atom. The van der Waals surface area contributed by atoms with E-state index in [1.807, 2.05) is 11.8 Å². The van der Waals surface area contributed by atoms with Crippen molar-refractivity contribution >= 4 is 23.4 Å². The first-order chi connectivity index (χ1) is 5.18. The van der Waals surface area contributed by atoms with Crippen LogP contribution < -0.4 is 0 Å². The highest BCUT2D eigenvalue weighted by molar-refractivity contribution is 7.99. The topological polar surface area (TPSA) is 0 Å². The molecule has 0 rings (SSSR count). The number of alkyl halides is 1. The molecule has 2 unspecified atom stereocenters. The van der Waals surface area contributed by atoms with Crippen LogP contribution in [0.5, 0.6) is 0 Å². The van der Waals surface area contributed by atoms with Gasteiger partial charge in [0.1, 0.15) is 0 Å². The minimum Gasteiger partial charge on any atom is -0.162 e. The number of thioether (sulfide) groups is 1. The van der Waals surface area contributed by atoms with Gasteiger partial charge in [-0.3, -0.25) is 0 Å². The van der Waals surface area contributed by atoms with Gasteiger partial charge < -0.3 is 0 Å². The molecule has 0 spiro atoms. The van der Waals surface area contributed by atoms with Crippen molar-refractivity contribution in [1.82, 2.24) is 0 Å². The zero-order valence-electron chi connectivity index (χ0n) is 7.77. The van der Waals surface area contributed by atoms with E-state index in [1.54, 1.807) is 0 Å². The van der Waals surface area contributed by atoms with Gasteiger partial charge >= 0.3 is 0 Å². The lowest BCUT2D eigenvalue weighted by molar-refractivity contribution is 0.518. The first-order valence-corrected chi connectivity index (χ1v) is 5.99. The maximum atomic E-state index is 5.93. The molecule has 0 saturated carbocycles. The molecule has 0 radical (unpaired) electrons. The predicted molar refractivity (Wildman–Crippen MR) is 56.7 cm³/mol. The maximum absolute atomic E-state index is 5.93. The van der Waals surface area contributed by atoms with Crippen molar-refractivity contribution in [2.24, 2.45) is 5.92 Å². The molecule has 11 heavy (non-hydrogen) atoms. The van der Waals surface area contributed by atoms with Gasteiger partial charge in [-0.1, -0.05) is 13.8 Å². The molecule has 0 amide bonds. The quantitative estimate of drug-likeness (QED) is 0.458. The summed E-state index contributed by atoms with van der Waals surface area (Å²) in [6.45, 7) is 6.52. The van der Waals surface area contributed by atoms with E-state index in [2.05, 4.69) is 20.8 Å². The van der Waals surface area contributed by atoms with Crippen molar-refractivity contribution in [3.63, 3.8) is 0 Å². The van der Waals surface area contributed by atoms with Crippen LogP contribution in [0.2, 0.25) is 0 Å². The van der Waals surface area contributed by atoms with Crippen LogP contribution in [0.4, 0.5) is 0 Å². The van der Waals surface area contributed by atoms with Crippen LogP contribution in [-0.4, -0.2) is 16.9 Å². The minimum absolute atomic E-state index is 0.335. The van der Waals surface area contributed by atoms with Crippen LogP contribution in [-0.2, 0) is 0 Å². The summed E-state index contributed by atoms with van der Waals surface area (Å²) in [6.07, 6.45) is 2.59. The Balaban J connectivity index is 3.10. The molecule has 0 nitrogen and oxygen atoms in total. The third-order valence-electron chi connectivity index (χ3n) is 1.94. The first-order valence-electron chi connectivity index (χ1n) is 4.40. The average Bonchev–Trinajstić information content (AvgIpc) is 1.97. The molecule has 2 atom stereocenters. The van der Waals surface area contributed by atoms with Gasteiger partial charge in [0, 0.05) is 5.38 Å². The predicted octanol–water partition coefficient (Wildman–Crippen LogP) is 3.78. The zero-order chi connectivity index (χ0) is 8.69. The van der Waals surface area contributed by atoms with Gasteiger partial charge in [-0.05, 0) is 37.2 Å². The summed E-state index contributed by atoms with van der Waals surface area (Å²) in [5.41, 5.74) is 0. The highest BCUT2D eigenvalue weighted by atomic mass is 35.5. The fraction of sp³-hybridized carbons (Fsp3) is 1.00. The van der Waals surface area contributed by atoms with Crippen LogP contribution in [0.3, 0.4) is 0 Å². The molecule has 0 bridgehead atoms. The van der Waals surface area contributed by atoms with Crippen molar-refractivity contribution < 1.29 is 0 Å². The van der Waals surface area contributed by atoms with Crippen LogP contribution in [0.1, 0.15) is 33.6 Å². The molecular formula is C9H19ClS. The highest BCUT2D eigenvalue weighted by Gasteiger charge is 2.07. The van der Waals surface area contributed by atoms with Gasteiger partial charge in [-0.15, -0.1) is 11.6 Å². The summed E-state index contributed by atoms with van der Waals surface area (Å²) < 4.78 is 0. The normalized spacial score (nSPS) is 16.4. The second-order valence-electron chi connectivity index (χ2n) is 2.99. The summed E-state index contributed by atoms with van der Waals surface area (Å²) in [7, 11) is 0. The van der Waals surface area contributed by atoms with E-state index in [-0.39, 0.29) is 0 Å². The Morgan fingerprint density at radius 2 is 2.00 bits per heavy atom. The zero-order valence-corrected chi connectivity index (χ0v) is 9.34. The fourth-order valence-electron chi connectivity index (χ4n) is 0.881. The van der Waals surface area contributed by atoms with Gasteiger partial charge in [0.15, 0.2) is 0 Å². The number of rotatable bonds is 6. The molecule has 0 aromatic rings. The number of hydrogen-bond donors (Lipinski definition) is 0. The second kappa shape index (κ2) is 7.30. The van der Waals surface area contributed by atoms with Gasteiger partial charge in [-0.25, -0.2) is 0 Å². The van der Waals surface area contributed by atoms with Crippen molar-refractivity contribution in [3.05, 3.63) is 0 Å². The van der Waals surface area contributed by atoms with Crippen molar-refractivity contribution in [3.8, 4) is 0 Å². The number of hydrogen-bond acceptors (Lipinski definition) is 1. The molecule has 0 fully saturated rings. The highest BCUT2D eigenvalue weighted by Crippen LogP contribution is 2.16. The molecule has 0 aromatic heterocycles. The van der Waals surface area contributed by atoms with E-state index in [0.717, 1.165) is 0 Å². The van der Waals surface area contributed by atoms with E-state index in [4.69, 9.17) is 11.6 Å². The molecule has 0 aliphatic heterocycles. The molecule has 0 aliphatic carbocycles. The smallest absolute Gasteiger partial charge is 0.0333 e. The summed E-state index contributed by atoms with van der Waals surface area (Å²) in [5, 5.41) is 0.335. The molecule has 0 heterocycles. The van der Waals surface area contributed by atoms with Gasteiger partial charge in [0.2, 0.25) is 0 Å². The fourth-order valence-corrected chi connectivity index (χ4v) is 1.67. The van der Waals surface area contributed by atoms with E-state index in [0.29, 0.717) is 11.3 Å². The summed E-state index contributed by atoms with van der Waals surface area (Å²) in [5.74, 6) is 3.21. The van der Waals surface area contributed by atoms with Gasteiger partial charge in [-0.2, -0.15) is 11.8 Å². The Bertz CT molecular complexity index is 83.6. The Labute approximate surface area is 80.1 Å². The van der Waals surface area contributed by atoms with Crippen molar-refractivity contribution in [1.29, 1.82) is 0 Å². The minimum atomic E-state index is 0.335. The molecule has 0 aliphatic rings. The monoisotopic (exact) mass is 194 g/mol. The second-order valence-corrected chi connectivity index (χ2v) is 5.08. The Morgan fingerprint density at radius 1 is 1.36 bits per heavy atom. The summed E-state index contributed by atoms with van der Waals surface area (Å²) >= 11 is 7.95. The van der Waals surface area contributed by atoms with E-state index < -0.39 is 0 Å². The Hall–Kier alpha value is 0.640. The molecule has 0 N–H and O–H groups in total. The maximum Gasteiger partial charge on any atom is 0.0333 e. The van der Waals surface area contributed by atoms with Crippen LogP contribution >= 0.6 is 23.4 Å². The van der Waals surface area contributed by atoms with Crippen molar-refractivity contribution in [2.45, 2.75) is 39.0 Å². The largest absolute Gasteiger partial charge is 0.162 e. The molecule has 68 valence electrons. The van der Waals surface area contributed by atoms with E-state index in [9.17, 15) is 0 Å². The molecular weight excluding hydrogens is 176 g/mol. The third kappa shape index (κ3) is 7.02. The Kier molecular flexibility index (Phi) is 7.72. The number of halogens is 1. The lowest BCUT2D eigenvalue weighted by atomic mass is 10.0. The average molecular weight is 195 g/mol. The van der Waals surface area contributed by atoms with Crippen molar-refractivity contribution in [2.75, 3.05) is 11.5 Å². The van der Waals surface area contributed by atoms with E-state index in [1.165, 1.54) is 24.3 Å².